The van der Waals surface area contributed by atoms with Gasteiger partial charge in [0.25, 0.3) is 20.2 Å². The third kappa shape index (κ3) is 4.23. The lowest BCUT2D eigenvalue weighted by Crippen LogP contribution is -2.62. The van der Waals surface area contributed by atoms with E-state index in [-0.39, 0.29) is 23.7 Å². The molecule has 8 heteroatoms. The molecular weight excluding hydrogens is 424 g/mol. The summed E-state index contributed by atoms with van der Waals surface area (Å²) in [4.78, 5) is 0. The minimum absolute atomic E-state index is 0.125. The van der Waals surface area contributed by atoms with Crippen LogP contribution < -0.4 is 0 Å². The maximum Gasteiger partial charge on any atom is 0.272 e. The van der Waals surface area contributed by atoms with Gasteiger partial charge < -0.3 is 0 Å². The average Bonchev–Trinajstić information content (AvgIpc) is 2.70. The third-order valence-electron chi connectivity index (χ3n) is 9.29. The molecule has 6 nitrogen and oxygen atoms in total. The average molecular weight is 463 g/mol. The summed E-state index contributed by atoms with van der Waals surface area (Å²) in [5, 5.41) is 0. The monoisotopic (exact) mass is 462 g/mol. The van der Waals surface area contributed by atoms with E-state index in [1.54, 1.807) is 0 Å². The molecule has 6 unspecified atom stereocenters. The first-order valence-corrected chi connectivity index (χ1v) is 15.1. The minimum Gasteiger partial charge on any atom is -0.285 e. The summed E-state index contributed by atoms with van der Waals surface area (Å²) >= 11 is 0. The molecule has 0 saturated heterocycles. The molecule has 0 aliphatic heterocycles. The summed E-state index contributed by atoms with van der Waals surface area (Å²) in [5.74, 6) is -0.559. The van der Waals surface area contributed by atoms with Gasteiger partial charge in [-0.25, -0.2) is 0 Å². The summed E-state index contributed by atoms with van der Waals surface area (Å²) in [5.41, 5.74) is 0. The molecule has 4 aliphatic rings. The smallest absolute Gasteiger partial charge is 0.272 e. The Kier molecular flexibility index (Phi) is 6.62. The van der Waals surface area contributed by atoms with Crippen molar-refractivity contribution in [1.82, 2.24) is 0 Å². The molecule has 0 bridgehead atoms. The van der Waals surface area contributed by atoms with Crippen molar-refractivity contribution in [1.29, 1.82) is 0 Å². The van der Waals surface area contributed by atoms with Crippen LogP contribution in [0.4, 0.5) is 0 Å². The molecule has 30 heavy (non-hydrogen) atoms. The molecule has 2 N–H and O–H groups in total. The van der Waals surface area contributed by atoms with E-state index in [1.807, 2.05) is 0 Å². The van der Waals surface area contributed by atoms with Crippen molar-refractivity contribution in [2.24, 2.45) is 35.5 Å². The van der Waals surface area contributed by atoms with Crippen LogP contribution in [0.15, 0.2) is 0 Å². The quantitative estimate of drug-likeness (QED) is 0.573. The highest BCUT2D eigenvalue weighted by Gasteiger charge is 2.62. The van der Waals surface area contributed by atoms with Crippen LogP contribution in [-0.4, -0.2) is 36.4 Å². The van der Waals surface area contributed by atoms with E-state index in [2.05, 4.69) is 0 Å². The van der Waals surface area contributed by atoms with Crippen LogP contribution in [0.1, 0.15) is 89.9 Å². The first-order chi connectivity index (χ1) is 14.1. The van der Waals surface area contributed by atoms with Crippen molar-refractivity contribution in [2.45, 2.75) is 94.6 Å². The molecule has 4 aliphatic carbocycles. The molecule has 4 fully saturated rings. The lowest BCUT2D eigenvalue weighted by Gasteiger charge is -2.55. The summed E-state index contributed by atoms with van der Waals surface area (Å²) in [6.45, 7) is 0. The van der Waals surface area contributed by atoms with E-state index >= 15 is 0 Å². The fourth-order valence-corrected chi connectivity index (χ4v) is 11.7. The molecule has 4 rings (SSSR count). The molecule has 6 atom stereocenters. The van der Waals surface area contributed by atoms with Crippen LogP contribution in [0.25, 0.3) is 0 Å². The van der Waals surface area contributed by atoms with E-state index in [0.29, 0.717) is 24.7 Å². The van der Waals surface area contributed by atoms with Gasteiger partial charge in [-0.05, 0) is 61.2 Å². The maximum atomic E-state index is 13.3. The van der Waals surface area contributed by atoms with Gasteiger partial charge in [-0.3, -0.25) is 9.11 Å². The second-order valence-corrected chi connectivity index (χ2v) is 13.8. The fourth-order valence-electron chi connectivity index (χ4n) is 8.32. The minimum atomic E-state index is -4.70. The predicted molar refractivity (Wildman–Crippen MR) is 116 cm³/mol. The maximum absolute atomic E-state index is 13.3. The first-order valence-electron chi connectivity index (χ1n) is 12.1. The zero-order valence-corrected chi connectivity index (χ0v) is 19.5. The van der Waals surface area contributed by atoms with Gasteiger partial charge in [0.2, 0.25) is 0 Å². The molecular formula is C22H38O6S2. The summed E-state index contributed by atoms with van der Waals surface area (Å²) in [7, 11) is -9.28. The van der Waals surface area contributed by atoms with Gasteiger partial charge in [-0.1, -0.05) is 64.2 Å². The molecule has 4 saturated carbocycles. The van der Waals surface area contributed by atoms with Crippen molar-refractivity contribution in [3.8, 4) is 0 Å². The van der Waals surface area contributed by atoms with Crippen LogP contribution in [0.3, 0.4) is 0 Å². The summed E-state index contributed by atoms with van der Waals surface area (Å²) in [6.07, 6.45) is 13.4. The van der Waals surface area contributed by atoms with Gasteiger partial charge in [0.05, 0.1) is 5.75 Å². The van der Waals surface area contributed by atoms with E-state index < -0.39 is 30.7 Å². The molecule has 0 heterocycles. The number of hydrogen-bond donors (Lipinski definition) is 2. The Hall–Kier alpha value is -0.180. The van der Waals surface area contributed by atoms with E-state index in [9.17, 15) is 25.9 Å². The molecule has 174 valence electrons. The zero-order valence-electron chi connectivity index (χ0n) is 17.9. The molecule has 0 aromatic heterocycles. The molecule has 0 spiro atoms. The number of hydrogen-bond acceptors (Lipinski definition) is 4. The second kappa shape index (κ2) is 8.64. The molecule has 0 amide bonds. The highest BCUT2D eigenvalue weighted by atomic mass is 32.2. The van der Waals surface area contributed by atoms with Crippen molar-refractivity contribution in [3.05, 3.63) is 0 Å². The Balaban J connectivity index is 1.85. The van der Waals surface area contributed by atoms with Crippen molar-refractivity contribution in [3.63, 3.8) is 0 Å². The lowest BCUT2D eigenvalue weighted by atomic mass is 9.55. The zero-order chi connectivity index (χ0) is 21.6. The van der Waals surface area contributed by atoms with Crippen molar-refractivity contribution >= 4 is 20.2 Å². The van der Waals surface area contributed by atoms with Gasteiger partial charge in [0.1, 0.15) is 4.75 Å². The van der Waals surface area contributed by atoms with Gasteiger partial charge in [-0.15, -0.1) is 0 Å². The van der Waals surface area contributed by atoms with Crippen LogP contribution >= 0.6 is 0 Å². The standard InChI is InChI=1S/C22H38O6S2/c23-29(24,25)15-22(30(26,27)28,20-13-5-9-16-7-1-3-11-18(16)20)21-14-6-10-17-8-2-4-12-19(17)21/h16-21H,1-15H2,(H,23,24,25)(H,26,27,28). The predicted octanol–water partition coefficient (Wildman–Crippen LogP) is 4.71. The lowest BCUT2D eigenvalue weighted by molar-refractivity contribution is 0.00764. The van der Waals surface area contributed by atoms with Crippen molar-refractivity contribution < 1.29 is 25.9 Å². The molecule has 0 aromatic carbocycles. The van der Waals surface area contributed by atoms with Gasteiger partial charge in [-0.2, -0.15) is 16.8 Å². The van der Waals surface area contributed by atoms with E-state index in [0.717, 1.165) is 77.0 Å². The Labute approximate surface area is 182 Å². The molecule has 0 radical (unpaired) electrons. The highest BCUT2D eigenvalue weighted by molar-refractivity contribution is 7.90. The van der Waals surface area contributed by atoms with E-state index in [1.165, 1.54) is 0 Å². The Morgan fingerprint density at radius 2 is 1.00 bits per heavy atom. The largest absolute Gasteiger partial charge is 0.285 e. The normalized spacial score (nSPS) is 40.1. The third-order valence-corrected chi connectivity index (χ3v) is 12.0. The van der Waals surface area contributed by atoms with Crippen molar-refractivity contribution in [2.75, 3.05) is 5.75 Å². The number of rotatable bonds is 5. The highest BCUT2D eigenvalue weighted by Crippen LogP contribution is 2.58. The topological polar surface area (TPSA) is 109 Å². The second-order valence-electron chi connectivity index (χ2n) is 10.6. The fraction of sp³-hybridized carbons (Fsp3) is 1.00. The van der Waals surface area contributed by atoms with Crippen LogP contribution in [-0.2, 0) is 20.2 Å². The SMILES string of the molecule is O=S(=O)(O)CC(C1CCCC2CCCCC21)(C1CCCC2CCCCC21)S(=O)(=O)O. The Bertz CT molecular complexity index is 783. The van der Waals surface area contributed by atoms with Crippen LogP contribution in [0.5, 0.6) is 0 Å². The molecule has 0 aromatic rings. The van der Waals surface area contributed by atoms with Crippen LogP contribution in [0, 0.1) is 35.5 Å². The summed E-state index contributed by atoms with van der Waals surface area (Å²) in [6, 6.07) is 0. The summed E-state index contributed by atoms with van der Waals surface area (Å²) < 4.78 is 70.0. The van der Waals surface area contributed by atoms with Gasteiger partial charge in [0, 0.05) is 0 Å². The number of fused-ring (bicyclic) bond motifs is 2. The first kappa shape index (κ1) is 23.0. The Morgan fingerprint density at radius 1 is 0.600 bits per heavy atom. The van der Waals surface area contributed by atoms with E-state index in [4.69, 9.17) is 0 Å². The Morgan fingerprint density at radius 3 is 1.40 bits per heavy atom. The van der Waals surface area contributed by atoms with Gasteiger partial charge in [0.15, 0.2) is 0 Å². The van der Waals surface area contributed by atoms with Gasteiger partial charge >= 0.3 is 0 Å². The van der Waals surface area contributed by atoms with Crippen LogP contribution in [0.2, 0.25) is 0 Å².